The normalized spacial score (nSPS) is 10.5. The lowest BCUT2D eigenvalue weighted by atomic mass is 10.1. The van der Waals surface area contributed by atoms with E-state index in [2.05, 4.69) is 5.10 Å². The molecule has 0 saturated heterocycles. The minimum atomic E-state index is -1.03. The number of benzene rings is 2. The Kier molecular flexibility index (Phi) is 3.85. The van der Waals surface area contributed by atoms with Gasteiger partial charge in [-0.05, 0) is 42.8 Å². The fourth-order valence-electron chi connectivity index (χ4n) is 2.48. The zero-order valence-electron chi connectivity index (χ0n) is 12.9. The number of para-hydroxylation sites is 1. The second-order valence-corrected chi connectivity index (χ2v) is 5.17. The third-order valence-corrected chi connectivity index (χ3v) is 3.56. The van der Waals surface area contributed by atoms with Gasteiger partial charge in [0.2, 0.25) is 0 Å². The van der Waals surface area contributed by atoms with Crippen LogP contribution in [0.4, 0.5) is 0 Å². The number of aromatic carboxylic acids is 1. The van der Waals surface area contributed by atoms with Gasteiger partial charge in [0.05, 0.1) is 18.5 Å². The van der Waals surface area contributed by atoms with Gasteiger partial charge in [-0.25, -0.2) is 9.48 Å². The summed E-state index contributed by atoms with van der Waals surface area (Å²) in [5.41, 5.74) is 3.17. The Morgan fingerprint density at radius 1 is 1.13 bits per heavy atom. The summed E-state index contributed by atoms with van der Waals surface area (Å²) in [6.07, 6.45) is 0. The van der Waals surface area contributed by atoms with E-state index in [9.17, 15) is 9.90 Å². The van der Waals surface area contributed by atoms with Gasteiger partial charge in [-0.15, -0.1) is 0 Å². The van der Waals surface area contributed by atoms with Crippen molar-refractivity contribution in [3.05, 3.63) is 65.9 Å². The van der Waals surface area contributed by atoms with Crippen LogP contribution in [0.5, 0.6) is 5.75 Å². The van der Waals surface area contributed by atoms with Gasteiger partial charge in [0.1, 0.15) is 5.75 Å². The molecule has 5 nitrogen and oxygen atoms in total. The van der Waals surface area contributed by atoms with E-state index >= 15 is 0 Å². The van der Waals surface area contributed by atoms with Crippen molar-refractivity contribution in [1.29, 1.82) is 0 Å². The number of aromatic nitrogens is 2. The van der Waals surface area contributed by atoms with Crippen LogP contribution in [0.1, 0.15) is 16.1 Å². The summed E-state index contributed by atoms with van der Waals surface area (Å²) in [5.74, 6) is -0.376. The molecule has 0 unspecified atom stereocenters. The second-order valence-electron chi connectivity index (χ2n) is 5.17. The average Bonchev–Trinajstić information content (AvgIpc) is 3.00. The van der Waals surface area contributed by atoms with Gasteiger partial charge in [-0.3, -0.25) is 0 Å². The molecule has 0 radical (unpaired) electrons. The van der Waals surface area contributed by atoms with Gasteiger partial charge < -0.3 is 9.84 Å². The SMILES string of the molecule is COc1ccccc1-c1cc(C(=O)O)n(-c2cccc(C)c2)n1. The zero-order valence-corrected chi connectivity index (χ0v) is 12.9. The molecule has 0 aliphatic rings. The van der Waals surface area contributed by atoms with Gasteiger partial charge in [0.25, 0.3) is 0 Å². The van der Waals surface area contributed by atoms with Crippen LogP contribution < -0.4 is 4.74 Å². The third-order valence-electron chi connectivity index (χ3n) is 3.56. The lowest BCUT2D eigenvalue weighted by molar-refractivity contribution is 0.0687. The smallest absolute Gasteiger partial charge is 0.354 e. The molecule has 0 spiro atoms. The van der Waals surface area contributed by atoms with E-state index in [0.717, 1.165) is 11.1 Å². The largest absolute Gasteiger partial charge is 0.496 e. The lowest BCUT2D eigenvalue weighted by Crippen LogP contribution is -2.07. The third kappa shape index (κ3) is 2.81. The van der Waals surface area contributed by atoms with E-state index in [1.54, 1.807) is 13.2 Å². The molecule has 0 saturated carbocycles. The van der Waals surface area contributed by atoms with Crippen LogP contribution in [0.25, 0.3) is 16.9 Å². The average molecular weight is 308 g/mol. The molecule has 0 aliphatic carbocycles. The van der Waals surface area contributed by atoms with Crippen molar-refractivity contribution in [1.82, 2.24) is 9.78 Å². The summed E-state index contributed by atoms with van der Waals surface area (Å²) < 4.78 is 6.78. The molecule has 1 aromatic heterocycles. The number of rotatable bonds is 4. The molecule has 5 heteroatoms. The summed E-state index contributed by atoms with van der Waals surface area (Å²) in [4.78, 5) is 11.6. The van der Waals surface area contributed by atoms with E-state index in [4.69, 9.17) is 4.74 Å². The highest BCUT2D eigenvalue weighted by Gasteiger charge is 2.18. The number of nitrogens with zero attached hydrogens (tertiary/aromatic N) is 2. The summed E-state index contributed by atoms with van der Waals surface area (Å²) >= 11 is 0. The first-order chi connectivity index (χ1) is 11.1. The number of carboxylic acids is 1. The number of carbonyl (C=O) groups is 1. The van der Waals surface area contributed by atoms with Crippen LogP contribution in [0.15, 0.2) is 54.6 Å². The Morgan fingerprint density at radius 3 is 2.61 bits per heavy atom. The van der Waals surface area contributed by atoms with Gasteiger partial charge in [-0.2, -0.15) is 5.10 Å². The van der Waals surface area contributed by atoms with Crippen LogP contribution in [0.2, 0.25) is 0 Å². The maximum absolute atomic E-state index is 11.6. The molecule has 0 atom stereocenters. The number of ether oxygens (including phenoxy) is 1. The fraction of sp³-hybridized carbons (Fsp3) is 0.111. The fourth-order valence-corrected chi connectivity index (χ4v) is 2.48. The van der Waals surface area contributed by atoms with E-state index in [1.165, 1.54) is 4.68 Å². The quantitative estimate of drug-likeness (QED) is 0.800. The summed E-state index contributed by atoms with van der Waals surface area (Å²) in [7, 11) is 1.58. The van der Waals surface area contributed by atoms with Crippen molar-refractivity contribution in [2.45, 2.75) is 6.92 Å². The van der Waals surface area contributed by atoms with Gasteiger partial charge in [-0.1, -0.05) is 24.3 Å². The van der Waals surface area contributed by atoms with Crippen LogP contribution >= 0.6 is 0 Å². The molecule has 3 aromatic rings. The molecule has 0 bridgehead atoms. The minimum Gasteiger partial charge on any atom is -0.496 e. The molecule has 0 aliphatic heterocycles. The van der Waals surface area contributed by atoms with Gasteiger partial charge >= 0.3 is 5.97 Å². The number of hydrogen-bond donors (Lipinski definition) is 1. The highest BCUT2D eigenvalue weighted by atomic mass is 16.5. The molecular weight excluding hydrogens is 292 g/mol. The Balaban J connectivity index is 2.18. The molecule has 23 heavy (non-hydrogen) atoms. The minimum absolute atomic E-state index is 0.108. The van der Waals surface area contributed by atoms with Crippen molar-refractivity contribution in [3.63, 3.8) is 0 Å². The predicted octanol–water partition coefficient (Wildman–Crippen LogP) is 3.55. The Hall–Kier alpha value is -3.08. The summed E-state index contributed by atoms with van der Waals surface area (Å²) in [6, 6.07) is 16.5. The van der Waals surface area contributed by atoms with Gasteiger partial charge in [0.15, 0.2) is 5.69 Å². The number of carboxylic acid groups (broad SMARTS) is 1. The Labute approximate surface area is 133 Å². The van der Waals surface area contributed by atoms with E-state index in [1.807, 2.05) is 55.5 Å². The highest BCUT2D eigenvalue weighted by Crippen LogP contribution is 2.30. The summed E-state index contributed by atoms with van der Waals surface area (Å²) in [6.45, 7) is 1.95. The summed E-state index contributed by atoms with van der Waals surface area (Å²) in [5, 5.41) is 14.0. The maximum atomic E-state index is 11.6. The van der Waals surface area contributed by atoms with Crippen molar-refractivity contribution in [2.24, 2.45) is 0 Å². The van der Waals surface area contributed by atoms with Crippen molar-refractivity contribution < 1.29 is 14.6 Å². The van der Waals surface area contributed by atoms with Crippen LogP contribution in [0, 0.1) is 6.92 Å². The van der Waals surface area contributed by atoms with Crippen molar-refractivity contribution >= 4 is 5.97 Å². The molecular formula is C18H16N2O3. The standard InChI is InChI=1S/C18H16N2O3/c1-12-6-5-7-13(10-12)20-16(18(21)22)11-15(19-20)14-8-3-4-9-17(14)23-2/h3-11H,1-2H3,(H,21,22). The topological polar surface area (TPSA) is 64.3 Å². The molecule has 116 valence electrons. The second kappa shape index (κ2) is 5.96. The Bertz CT molecular complexity index is 868. The molecule has 0 amide bonds. The zero-order chi connectivity index (χ0) is 16.4. The first-order valence-electron chi connectivity index (χ1n) is 7.14. The molecule has 0 fully saturated rings. The predicted molar refractivity (Wildman–Crippen MR) is 87.2 cm³/mol. The monoisotopic (exact) mass is 308 g/mol. The number of methoxy groups -OCH3 is 1. The lowest BCUT2D eigenvalue weighted by Gasteiger charge is -2.06. The van der Waals surface area contributed by atoms with Crippen LogP contribution in [0.3, 0.4) is 0 Å². The Morgan fingerprint density at radius 2 is 1.91 bits per heavy atom. The van der Waals surface area contributed by atoms with E-state index in [-0.39, 0.29) is 5.69 Å². The number of aryl methyl sites for hydroxylation is 1. The van der Waals surface area contributed by atoms with E-state index < -0.39 is 5.97 Å². The molecule has 1 N–H and O–H groups in total. The van der Waals surface area contributed by atoms with Crippen LogP contribution in [-0.4, -0.2) is 28.0 Å². The molecule has 1 heterocycles. The van der Waals surface area contributed by atoms with Crippen molar-refractivity contribution in [3.8, 4) is 22.7 Å². The maximum Gasteiger partial charge on any atom is 0.354 e. The molecule has 2 aromatic carbocycles. The van der Waals surface area contributed by atoms with Crippen LogP contribution in [-0.2, 0) is 0 Å². The number of hydrogen-bond acceptors (Lipinski definition) is 3. The molecule has 3 rings (SSSR count). The van der Waals surface area contributed by atoms with E-state index in [0.29, 0.717) is 17.1 Å². The first kappa shape index (κ1) is 14.8. The van der Waals surface area contributed by atoms with Gasteiger partial charge in [0, 0.05) is 5.56 Å². The first-order valence-corrected chi connectivity index (χ1v) is 7.14. The highest BCUT2D eigenvalue weighted by molar-refractivity contribution is 5.88. The van der Waals surface area contributed by atoms with Crippen molar-refractivity contribution in [2.75, 3.05) is 7.11 Å².